The molecule has 0 spiro atoms. The quantitative estimate of drug-likeness (QED) is 0.0500. The highest BCUT2D eigenvalue weighted by Crippen LogP contribution is 2.08. The number of nitrogens with two attached hydrogens (primary N) is 1. The average molecular weight is 702 g/mol. The number of alkyl halides is 1. The van der Waals surface area contributed by atoms with Gasteiger partial charge in [0.1, 0.15) is 0 Å². The number of esters is 1. The van der Waals surface area contributed by atoms with Crippen LogP contribution < -0.4 is 15.8 Å². The van der Waals surface area contributed by atoms with Gasteiger partial charge >= 0.3 is 11.9 Å². The number of anilines is 1. The number of thiazole rings is 1. The van der Waals surface area contributed by atoms with E-state index >= 15 is 0 Å². The molecule has 0 radical (unpaired) electrons. The lowest BCUT2D eigenvalue weighted by Gasteiger charge is -2.01. The van der Waals surface area contributed by atoms with Gasteiger partial charge in [0.2, 0.25) is 11.7 Å². The van der Waals surface area contributed by atoms with E-state index in [9.17, 15) is 14.4 Å². The zero-order valence-corrected chi connectivity index (χ0v) is 29.2. The molecule has 4 N–H and O–H groups in total. The van der Waals surface area contributed by atoms with E-state index < -0.39 is 5.97 Å². The first kappa shape index (κ1) is 42.2. The van der Waals surface area contributed by atoms with Gasteiger partial charge in [-0.15, -0.1) is 20.6 Å². The van der Waals surface area contributed by atoms with Crippen LogP contribution in [0.25, 0.3) is 0 Å². The van der Waals surface area contributed by atoms with Gasteiger partial charge in [-0.25, -0.2) is 14.8 Å². The highest BCUT2D eigenvalue weighted by molar-refractivity contribution is 9.08. The number of hydrogen-bond acceptors (Lipinski definition) is 10. The van der Waals surface area contributed by atoms with Crippen LogP contribution in [0.3, 0.4) is 0 Å². The molecule has 240 valence electrons. The van der Waals surface area contributed by atoms with Crippen molar-refractivity contribution in [3.05, 3.63) is 70.3 Å². The monoisotopic (exact) mass is 700 g/mol. The Morgan fingerprint density at radius 2 is 1.79 bits per heavy atom. The number of nitrogens with one attached hydrogen (secondary N) is 1. The number of aromatic nitrogens is 2. The number of carboxylic acid groups (broad SMARTS) is 1. The second-order valence-corrected chi connectivity index (χ2v) is 9.89. The van der Waals surface area contributed by atoms with Crippen molar-refractivity contribution in [2.45, 2.75) is 46.5 Å². The van der Waals surface area contributed by atoms with Crippen LogP contribution in [0.1, 0.15) is 65.8 Å². The topological polar surface area (TPSA) is 154 Å². The molecule has 1 unspecified atom stereocenters. The molecule has 13 heteroatoms. The molecule has 0 amide bonds. The molecule has 0 fully saturated rings. The van der Waals surface area contributed by atoms with Crippen molar-refractivity contribution in [2.75, 3.05) is 44.5 Å². The fourth-order valence-corrected chi connectivity index (χ4v) is 3.41. The predicted molar refractivity (Wildman–Crippen MR) is 183 cm³/mol. The maximum absolute atomic E-state index is 11.4. The number of carboxylic acids is 1. The number of carbonyl (C=O) groups excluding carboxylic acids is 2. The smallest absolute Gasteiger partial charge is 0.338 e. The molecule has 0 aliphatic heterocycles. The standard InChI is InChI=1S/C10H16N2OS.C9H11NO2.C8H9NO3.C2H7P.CH3Br/c1-2-3-4-5-11-8-9(13)10-12-6-7-14-10;1-2-12-9(11)7-4-3-5-8(10)6-7;1-12-7-3-2-6(5-9-7)4-8(10)11;1-2-3;1-2/h6-7,11H,2-5,8H2,1H3;3-6H,2,10H2,1H3;2-3,5H,4H2,1H3,(H,10,11);2-3H2,1H3;1H3. The van der Waals surface area contributed by atoms with Crippen molar-refractivity contribution in [1.82, 2.24) is 15.3 Å². The minimum absolute atomic E-state index is 0.00298. The molecule has 0 saturated carbocycles. The molecule has 2 aromatic heterocycles. The van der Waals surface area contributed by atoms with Gasteiger partial charge in [0, 0.05) is 29.5 Å². The highest BCUT2D eigenvalue weighted by atomic mass is 79.9. The Morgan fingerprint density at radius 3 is 2.28 bits per heavy atom. The number of ether oxygens (including phenoxy) is 2. The van der Waals surface area contributed by atoms with Gasteiger partial charge in [-0.2, -0.15) is 0 Å². The lowest BCUT2D eigenvalue weighted by Crippen LogP contribution is -2.23. The molecule has 43 heavy (non-hydrogen) atoms. The summed E-state index contributed by atoms with van der Waals surface area (Å²) >= 11 is 4.34. The molecule has 3 aromatic rings. The molecule has 0 aliphatic rings. The number of nitrogen functional groups attached to an aromatic ring is 1. The van der Waals surface area contributed by atoms with E-state index in [1.807, 2.05) is 11.2 Å². The van der Waals surface area contributed by atoms with Crippen LogP contribution in [0.15, 0.2) is 54.2 Å². The maximum atomic E-state index is 11.4. The van der Waals surface area contributed by atoms with Gasteiger partial charge in [-0.05, 0) is 55.6 Å². The molecule has 0 bridgehead atoms. The summed E-state index contributed by atoms with van der Waals surface area (Å²) in [5.74, 6) is 1.21. The number of hydrogen-bond donors (Lipinski definition) is 3. The molecule has 1 atom stereocenters. The van der Waals surface area contributed by atoms with Crippen molar-refractivity contribution in [3.8, 4) is 5.88 Å². The third kappa shape index (κ3) is 23.2. The lowest BCUT2D eigenvalue weighted by molar-refractivity contribution is -0.136. The Balaban J connectivity index is 0. The number of aliphatic carboxylic acids is 1. The number of methoxy groups -OCH3 is 1. The number of benzene rings is 1. The lowest BCUT2D eigenvalue weighted by atomic mass is 10.2. The SMILES string of the molecule is CBr.CCCCCNCC(=O)c1nccs1.CCOC(=O)c1cccc(N)c1.CCP.COc1ccc(CC(=O)O)cn1. The second kappa shape index (κ2) is 29.2. The zero-order chi connectivity index (χ0) is 32.9. The Kier molecular flexibility index (Phi) is 28.6. The molecule has 2 heterocycles. The molecule has 10 nitrogen and oxygen atoms in total. The van der Waals surface area contributed by atoms with Crippen LogP contribution in [0, 0.1) is 0 Å². The van der Waals surface area contributed by atoms with Crippen molar-refractivity contribution < 1.29 is 29.0 Å². The number of Topliss-reactive ketones (excluding diaryl/α,β-unsaturated/α-hetero) is 1. The summed E-state index contributed by atoms with van der Waals surface area (Å²) in [6.07, 6.45) is 7.89. The van der Waals surface area contributed by atoms with E-state index in [-0.39, 0.29) is 18.2 Å². The van der Waals surface area contributed by atoms with Crippen LogP contribution in [0.4, 0.5) is 5.69 Å². The van der Waals surface area contributed by atoms with Gasteiger partial charge in [0.05, 0.1) is 32.2 Å². The normalized spacial score (nSPS) is 9.19. The molecule has 3 rings (SSSR count). The van der Waals surface area contributed by atoms with Gasteiger partial charge in [-0.3, -0.25) is 9.59 Å². The maximum Gasteiger partial charge on any atom is 0.338 e. The number of carbonyl (C=O) groups is 3. The zero-order valence-electron chi connectivity index (χ0n) is 25.7. The molecular formula is C30H46BrN4O6PS. The number of halogens is 1. The second-order valence-electron chi connectivity index (χ2n) is 8.18. The van der Waals surface area contributed by atoms with E-state index in [0.29, 0.717) is 40.9 Å². The fourth-order valence-electron chi connectivity index (χ4n) is 2.83. The number of unbranched alkanes of at least 4 members (excludes halogenated alkanes) is 2. The number of rotatable bonds is 12. The summed E-state index contributed by atoms with van der Waals surface area (Å²) in [5, 5.41) is 14.0. The third-order valence-corrected chi connectivity index (χ3v) is 5.49. The average Bonchev–Trinajstić information content (AvgIpc) is 3.55. The summed E-state index contributed by atoms with van der Waals surface area (Å²) < 4.78 is 9.60. The summed E-state index contributed by atoms with van der Waals surface area (Å²) in [6, 6.07) is 10.0. The van der Waals surface area contributed by atoms with E-state index in [2.05, 4.69) is 54.3 Å². The first-order valence-corrected chi connectivity index (χ1v) is 16.9. The predicted octanol–water partition coefficient (Wildman–Crippen LogP) is 6.16. The van der Waals surface area contributed by atoms with Crippen molar-refractivity contribution >= 4 is 59.9 Å². The minimum atomic E-state index is -0.859. The van der Waals surface area contributed by atoms with Gasteiger partial charge in [0.15, 0.2) is 5.01 Å². The van der Waals surface area contributed by atoms with Crippen LogP contribution in [0.2, 0.25) is 0 Å². The molecular weight excluding hydrogens is 655 g/mol. The largest absolute Gasteiger partial charge is 0.481 e. The Morgan fingerprint density at radius 1 is 1.09 bits per heavy atom. The van der Waals surface area contributed by atoms with Gasteiger partial charge in [0.25, 0.3) is 0 Å². The molecule has 0 aliphatic carbocycles. The first-order chi connectivity index (χ1) is 20.7. The van der Waals surface area contributed by atoms with Crippen LogP contribution in [0.5, 0.6) is 5.88 Å². The third-order valence-electron chi connectivity index (χ3n) is 4.67. The molecule has 1 aromatic carbocycles. The summed E-state index contributed by atoms with van der Waals surface area (Å²) in [4.78, 5) is 40.6. The van der Waals surface area contributed by atoms with Gasteiger partial charge < -0.3 is 25.6 Å². The van der Waals surface area contributed by atoms with Crippen LogP contribution in [-0.2, 0) is 16.0 Å². The Labute approximate surface area is 270 Å². The van der Waals surface area contributed by atoms with Crippen LogP contribution in [-0.4, -0.2) is 71.6 Å². The Bertz CT molecular complexity index is 1120. The molecule has 0 saturated heterocycles. The Hall–Kier alpha value is -2.92. The van der Waals surface area contributed by atoms with Gasteiger partial charge in [-0.1, -0.05) is 54.8 Å². The number of pyridine rings is 1. The van der Waals surface area contributed by atoms with E-state index in [4.69, 9.17) is 20.3 Å². The van der Waals surface area contributed by atoms with E-state index in [0.717, 1.165) is 13.0 Å². The van der Waals surface area contributed by atoms with E-state index in [1.165, 1.54) is 43.6 Å². The first-order valence-electron chi connectivity index (χ1n) is 13.7. The summed E-state index contributed by atoms with van der Waals surface area (Å²) in [7, 11) is 4.09. The fraction of sp³-hybridized carbons (Fsp3) is 0.433. The summed E-state index contributed by atoms with van der Waals surface area (Å²) in [6.45, 7) is 7.74. The number of ketones is 1. The highest BCUT2D eigenvalue weighted by Gasteiger charge is 2.07. The van der Waals surface area contributed by atoms with Crippen molar-refractivity contribution in [1.29, 1.82) is 0 Å². The summed E-state index contributed by atoms with van der Waals surface area (Å²) in [5.41, 5.74) is 7.22. The minimum Gasteiger partial charge on any atom is -0.481 e. The number of nitrogens with zero attached hydrogens (tertiary/aromatic N) is 2. The van der Waals surface area contributed by atoms with E-state index in [1.54, 1.807) is 49.5 Å². The van der Waals surface area contributed by atoms with Crippen molar-refractivity contribution in [2.24, 2.45) is 0 Å². The van der Waals surface area contributed by atoms with Crippen molar-refractivity contribution in [3.63, 3.8) is 0 Å². The van der Waals surface area contributed by atoms with Crippen LogP contribution >= 0.6 is 36.5 Å².